The monoisotopic (exact) mass is 1580 g/mol. The third-order valence-electron chi connectivity index (χ3n) is 32.9. The molecule has 10 aliphatic rings. The van der Waals surface area contributed by atoms with Gasteiger partial charge in [0, 0.05) is 76.4 Å². The van der Waals surface area contributed by atoms with Gasteiger partial charge in [0.15, 0.2) is 0 Å². The minimum Gasteiger partial charge on any atom is -0.309 e. The molecule has 0 amide bonds. The van der Waals surface area contributed by atoms with E-state index in [9.17, 15) is 0 Å². The molecule has 4 heteroatoms. The summed E-state index contributed by atoms with van der Waals surface area (Å²) in [6, 6.07) is 139. The van der Waals surface area contributed by atoms with E-state index < -0.39 is 0 Å². The number of rotatable bonds is 6. The quantitative estimate of drug-likeness (QED) is 0.158. The van der Waals surface area contributed by atoms with Crippen LogP contribution in [0.4, 0.5) is 0 Å². The average molecular weight is 1590 g/mol. The molecule has 588 valence electrons. The number of hydrogen-bond donors (Lipinski definition) is 0. The van der Waals surface area contributed by atoms with E-state index in [4.69, 9.17) is 0 Å². The lowest BCUT2D eigenvalue weighted by Gasteiger charge is -2.61. The zero-order valence-corrected chi connectivity index (χ0v) is 69.1. The van der Waals surface area contributed by atoms with Crippen molar-refractivity contribution in [3.05, 3.63) is 386 Å². The highest BCUT2D eigenvalue weighted by molar-refractivity contribution is 6.18. The van der Waals surface area contributed by atoms with Gasteiger partial charge >= 0.3 is 0 Å². The van der Waals surface area contributed by atoms with Crippen molar-refractivity contribution in [1.82, 2.24) is 18.3 Å². The molecule has 0 saturated heterocycles. The lowest BCUT2D eigenvalue weighted by Crippen LogP contribution is -2.55. The molecule has 18 aromatic carbocycles. The highest BCUT2D eigenvalue weighted by Crippen LogP contribution is 2.72. The van der Waals surface area contributed by atoms with E-state index in [1.54, 1.807) is 22.3 Å². The van der Waals surface area contributed by atoms with Crippen molar-refractivity contribution in [1.29, 1.82) is 0 Å². The van der Waals surface area contributed by atoms with Gasteiger partial charge in [-0.05, 0) is 343 Å². The lowest BCUT2D eigenvalue weighted by atomic mass is 9.43. The number of hydrogen-bond acceptors (Lipinski definition) is 0. The van der Waals surface area contributed by atoms with E-state index in [0.29, 0.717) is 0 Å². The van der Waals surface area contributed by atoms with Gasteiger partial charge < -0.3 is 18.3 Å². The van der Waals surface area contributed by atoms with Gasteiger partial charge in [-0.2, -0.15) is 0 Å². The van der Waals surface area contributed by atoms with Crippen molar-refractivity contribution >= 4 is 130 Å². The van der Waals surface area contributed by atoms with Crippen molar-refractivity contribution < 1.29 is 0 Å². The molecule has 0 aliphatic heterocycles. The SMILES string of the molecule is c1ccc2c(c1)-c1ccc(-n3c4ccc(-c5ccc6c(c5)c5ccccc5n6-c5ccc6ccccc6c5)cc4c4cc5ccccc5cc43)cc1C21C2CC3CC(C2)CC1C3.c1ccc2c(c1)-c1ccc(-n3c4ccc(-c5ccc6c(c5)c5ccccc5n6-c5cccc6ccccc56)cc4c4cc5ccccc5cc43)cc1C21C2CC3CC(C2)CC1C3. The molecular formula is C120H88N4. The maximum absolute atomic E-state index is 2.65. The normalized spacial score (nSPS) is 22.3. The van der Waals surface area contributed by atoms with Crippen LogP contribution in [-0.2, 0) is 10.8 Å². The van der Waals surface area contributed by atoms with Gasteiger partial charge in [0.2, 0.25) is 0 Å². The molecule has 0 N–H and O–H groups in total. The third kappa shape index (κ3) is 9.43. The number of fused-ring (bicyclic) bond motifs is 22. The van der Waals surface area contributed by atoms with Gasteiger partial charge in [0.25, 0.3) is 0 Å². The molecule has 0 unspecified atom stereocenters. The lowest BCUT2D eigenvalue weighted by molar-refractivity contribution is -0.0399. The molecule has 0 radical (unpaired) electrons. The van der Waals surface area contributed by atoms with Crippen molar-refractivity contribution in [2.75, 3.05) is 0 Å². The maximum Gasteiger partial charge on any atom is 0.0547 e. The first-order valence-corrected chi connectivity index (χ1v) is 45.8. The van der Waals surface area contributed by atoms with Crippen molar-refractivity contribution in [3.8, 4) is 67.3 Å². The second kappa shape index (κ2) is 25.4. The van der Waals surface area contributed by atoms with Gasteiger partial charge in [0.1, 0.15) is 0 Å². The van der Waals surface area contributed by atoms with Crippen LogP contribution in [-0.4, -0.2) is 18.3 Å². The molecule has 8 bridgehead atoms. The largest absolute Gasteiger partial charge is 0.309 e. The first-order chi connectivity index (χ1) is 61.4. The first kappa shape index (κ1) is 68.8. The summed E-state index contributed by atoms with van der Waals surface area (Å²) >= 11 is 0. The van der Waals surface area contributed by atoms with Crippen molar-refractivity contribution in [3.63, 3.8) is 0 Å². The second-order valence-corrected chi connectivity index (χ2v) is 38.7. The van der Waals surface area contributed by atoms with Crippen LogP contribution in [0.15, 0.2) is 364 Å². The summed E-state index contributed by atoms with van der Waals surface area (Å²) in [5, 5.41) is 20.5. The minimum absolute atomic E-state index is 0.128. The Morgan fingerprint density at radius 3 is 0.960 bits per heavy atom. The summed E-state index contributed by atoms with van der Waals surface area (Å²) in [6.07, 6.45) is 14.1. The summed E-state index contributed by atoms with van der Waals surface area (Å²) < 4.78 is 10.1. The Bertz CT molecular complexity index is 8370. The molecule has 8 fully saturated rings. The molecular weight excluding hydrogens is 1500 g/mol. The Balaban J connectivity index is 0.000000124. The molecule has 2 spiro atoms. The molecule has 4 nitrogen and oxygen atoms in total. The number of nitrogens with zero attached hydrogens (tertiary/aromatic N) is 4. The van der Waals surface area contributed by atoms with E-state index in [2.05, 4.69) is 382 Å². The fourth-order valence-corrected chi connectivity index (χ4v) is 28.4. The molecule has 124 heavy (non-hydrogen) atoms. The predicted molar refractivity (Wildman–Crippen MR) is 518 cm³/mol. The van der Waals surface area contributed by atoms with Crippen molar-refractivity contribution in [2.45, 2.75) is 75.0 Å². The van der Waals surface area contributed by atoms with Gasteiger partial charge in [-0.1, -0.05) is 237 Å². The highest BCUT2D eigenvalue weighted by Gasteiger charge is 2.63. The van der Waals surface area contributed by atoms with Crippen LogP contribution in [0.5, 0.6) is 0 Å². The second-order valence-electron chi connectivity index (χ2n) is 38.7. The summed E-state index contributed by atoms with van der Waals surface area (Å²) in [7, 11) is 0. The molecule has 8 saturated carbocycles. The van der Waals surface area contributed by atoms with Crippen LogP contribution in [0.25, 0.3) is 198 Å². The van der Waals surface area contributed by atoms with Gasteiger partial charge in [0.05, 0.1) is 49.8 Å². The zero-order chi connectivity index (χ0) is 80.5. The Labute approximate surface area is 719 Å². The molecule has 32 rings (SSSR count). The van der Waals surface area contributed by atoms with Crippen LogP contribution < -0.4 is 0 Å². The van der Waals surface area contributed by atoms with Crippen molar-refractivity contribution in [2.24, 2.45) is 47.3 Å². The maximum atomic E-state index is 2.65. The Morgan fingerprint density at radius 2 is 0.492 bits per heavy atom. The predicted octanol–water partition coefficient (Wildman–Crippen LogP) is 31.2. The fourth-order valence-electron chi connectivity index (χ4n) is 28.4. The van der Waals surface area contributed by atoms with Crippen LogP contribution in [0, 0.1) is 47.3 Å². The number of para-hydroxylation sites is 2. The van der Waals surface area contributed by atoms with Gasteiger partial charge in [-0.15, -0.1) is 0 Å². The van der Waals surface area contributed by atoms with E-state index in [-0.39, 0.29) is 10.8 Å². The van der Waals surface area contributed by atoms with E-state index >= 15 is 0 Å². The molecule has 22 aromatic rings. The first-order valence-electron chi connectivity index (χ1n) is 45.8. The minimum atomic E-state index is 0.128. The fraction of sp³-hybridized carbons (Fsp3) is 0.167. The van der Waals surface area contributed by atoms with E-state index in [1.165, 1.54) is 262 Å². The Kier molecular flexibility index (Phi) is 14.1. The van der Waals surface area contributed by atoms with E-state index in [0.717, 1.165) is 47.3 Å². The Hall–Kier alpha value is -13.8. The third-order valence-corrected chi connectivity index (χ3v) is 32.9. The summed E-state index contributed by atoms with van der Waals surface area (Å²) in [4.78, 5) is 0. The summed E-state index contributed by atoms with van der Waals surface area (Å²) in [6.45, 7) is 0. The summed E-state index contributed by atoms with van der Waals surface area (Å²) in [5.41, 5.74) is 32.6. The molecule has 4 heterocycles. The van der Waals surface area contributed by atoms with Gasteiger partial charge in [-0.3, -0.25) is 0 Å². The van der Waals surface area contributed by atoms with Crippen LogP contribution in [0.3, 0.4) is 0 Å². The topological polar surface area (TPSA) is 19.7 Å². The molecule has 4 aromatic heterocycles. The summed E-state index contributed by atoms with van der Waals surface area (Å²) in [5.74, 6) is 6.63. The van der Waals surface area contributed by atoms with Crippen LogP contribution in [0.2, 0.25) is 0 Å². The Morgan fingerprint density at radius 1 is 0.177 bits per heavy atom. The smallest absolute Gasteiger partial charge is 0.0547 e. The molecule has 0 atom stereocenters. The van der Waals surface area contributed by atoms with Crippen LogP contribution >= 0.6 is 0 Å². The van der Waals surface area contributed by atoms with E-state index in [1.807, 2.05) is 0 Å². The number of benzene rings is 18. The highest BCUT2D eigenvalue weighted by atomic mass is 15.0. The standard InChI is InChI=1S/2C60H44N2/c1-2-12-40-34-59-52(31-39(40)11-1)51-33-42(41-21-25-58-50(32-41)49-16-6-8-18-56(49)62(58)55-19-9-13-38-10-3-4-14-46(38)55)20-24-57(51)61(59)45-22-23-48-47-15-5-7-17-53(47)60(54(48)35-45)43-27-36-26-37(29-43)30-44(60)28-36;1-2-10-39-30-46(20-17-38(39)9-1)61-56-16-8-6-14-50(56)51-32-42(18-23-57(51)61)43-19-24-58-52(33-43)53-31-40-11-3-4-12-41(40)34-59(53)62(58)47-21-22-49-48-13-5-7-15-54(48)60(55(49)35-47)44-26-36-25-37(28-44)29-45(60)27-36/h1-25,31-37,43-44H,26-30H2;1-24,30-37,44-45H,25-29H2. The average Bonchev–Trinajstić information content (AvgIpc) is 1.45. The van der Waals surface area contributed by atoms with Gasteiger partial charge in [-0.25, -0.2) is 0 Å². The zero-order valence-electron chi connectivity index (χ0n) is 69.1. The molecule has 10 aliphatic carbocycles. The number of aromatic nitrogens is 4. The van der Waals surface area contributed by atoms with Crippen LogP contribution in [0.1, 0.15) is 86.5 Å².